The van der Waals surface area contributed by atoms with Gasteiger partial charge in [0.2, 0.25) is 0 Å². The van der Waals surface area contributed by atoms with Gasteiger partial charge in [-0.05, 0) is 102 Å². The molecule has 0 spiro atoms. The molecule has 18 heteroatoms. The summed E-state index contributed by atoms with van der Waals surface area (Å²) < 4.78 is 99.3. The standard InChI is InChI=1S/C34H28N6O9S3/c1-18-13-20(4-11-30(18)37-39-33-25-8-6-23(50(41,42)43)15-22(25)3-10-28(33)35)21-5-12-31(19(2)14-21)38-40-34-26-9-7-24(51(44,45)46)16-27(26)32(17-29(34)36)52(47,48)49/h3-17H,35-36H2,1-2H3,(H,41,42,43)(H,44,45,46)(H,47,48,49). The van der Waals surface area contributed by atoms with E-state index in [4.69, 9.17) is 11.5 Å². The van der Waals surface area contributed by atoms with Crippen LogP contribution in [0.1, 0.15) is 11.1 Å². The zero-order chi connectivity index (χ0) is 37.7. The average molecular weight is 761 g/mol. The Bertz CT molecular complexity index is 2880. The molecular formula is C34H28N6O9S3. The third-order valence-electron chi connectivity index (χ3n) is 8.18. The summed E-state index contributed by atoms with van der Waals surface area (Å²) in [6, 6.07) is 22.3. The highest BCUT2D eigenvalue weighted by Gasteiger charge is 2.22. The van der Waals surface area contributed by atoms with Crippen molar-refractivity contribution in [3.63, 3.8) is 0 Å². The van der Waals surface area contributed by atoms with Gasteiger partial charge in [0.1, 0.15) is 16.3 Å². The van der Waals surface area contributed by atoms with Gasteiger partial charge >= 0.3 is 0 Å². The van der Waals surface area contributed by atoms with Crippen molar-refractivity contribution in [2.45, 2.75) is 28.5 Å². The van der Waals surface area contributed by atoms with Crippen molar-refractivity contribution in [2.75, 3.05) is 11.5 Å². The third kappa shape index (κ3) is 7.24. The number of nitrogen functional groups attached to an aromatic ring is 2. The van der Waals surface area contributed by atoms with Crippen LogP contribution in [0, 0.1) is 13.8 Å². The van der Waals surface area contributed by atoms with Crippen molar-refractivity contribution >= 4 is 86.0 Å². The molecule has 52 heavy (non-hydrogen) atoms. The summed E-state index contributed by atoms with van der Waals surface area (Å²) in [5.41, 5.74) is 17.0. The average Bonchev–Trinajstić information content (AvgIpc) is 3.06. The molecule has 0 saturated heterocycles. The molecule has 0 aromatic heterocycles. The van der Waals surface area contributed by atoms with Crippen molar-refractivity contribution in [1.29, 1.82) is 0 Å². The van der Waals surface area contributed by atoms with E-state index < -0.39 is 40.1 Å². The number of aryl methyl sites for hydroxylation is 2. The number of rotatable bonds is 8. The maximum Gasteiger partial charge on any atom is 0.295 e. The van der Waals surface area contributed by atoms with E-state index in [1.165, 1.54) is 24.3 Å². The maximum absolute atomic E-state index is 12.1. The molecule has 0 bridgehead atoms. The summed E-state index contributed by atoms with van der Waals surface area (Å²) in [6.07, 6.45) is 0. The molecule has 0 aliphatic rings. The first kappa shape index (κ1) is 36.2. The molecule has 0 radical (unpaired) electrons. The van der Waals surface area contributed by atoms with Gasteiger partial charge in [-0.25, -0.2) is 0 Å². The molecule has 6 aromatic rings. The molecule has 15 nitrogen and oxygen atoms in total. The molecule has 7 N–H and O–H groups in total. The first-order valence-corrected chi connectivity index (χ1v) is 19.3. The molecular weight excluding hydrogens is 733 g/mol. The molecule has 266 valence electrons. The van der Waals surface area contributed by atoms with E-state index in [1.54, 1.807) is 24.3 Å². The Kier molecular flexibility index (Phi) is 9.16. The van der Waals surface area contributed by atoms with Crippen molar-refractivity contribution in [1.82, 2.24) is 0 Å². The quantitative estimate of drug-likeness (QED) is 0.0563. The first-order valence-electron chi connectivity index (χ1n) is 15.0. The SMILES string of the molecule is Cc1cc(-c2ccc(N=Nc3c(N)cc(S(=O)(=O)O)c4cc(S(=O)(=O)O)ccc34)c(C)c2)ccc1N=Nc1c(N)ccc2cc(S(=O)(=O)O)ccc12. The molecule has 6 rings (SSSR count). The molecule has 6 aromatic carbocycles. The minimum atomic E-state index is -4.84. The maximum atomic E-state index is 12.1. The number of nitrogens with zero attached hydrogens (tertiary/aromatic N) is 4. The van der Waals surface area contributed by atoms with Gasteiger partial charge in [0.05, 0.1) is 32.5 Å². The van der Waals surface area contributed by atoms with E-state index in [2.05, 4.69) is 20.5 Å². The highest BCUT2D eigenvalue weighted by Crippen LogP contribution is 2.40. The number of fused-ring (bicyclic) bond motifs is 2. The Morgan fingerprint density at radius 3 is 1.48 bits per heavy atom. The Hall–Kier alpha value is -5.63. The zero-order valence-electron chi connectivity index (χ0n) is 27.1. The van der Waals surface area contributed by atoms with Gasteiger partial charge in [0, 0.05) is 16.2 Å². The third-order valence-corrected chi connectivity index (χ3v) is 10.8. The number of azo groups is 2. The van der Waals surface area contributed by atoms with E-state index in [-0.39, 0.29) is 27.0 Å². The van der Waals surface area contributed by atoms with Crippen LogP contribution in [0.5, 0.6) is 0 Å². The van der Waals surface area contributed by atoms with Gasteiger partial charge in [0.25, 0.3) is 30.4 Å². The second-order valence-corrected chi connectivity index (χ2v) is 16.0. The number of benzene rings is 6. The Morgan fingerprint density at radius 2 is 0.981 bits per heavy atom. The molecule has 0 amide bonds. The highest BCUT2D eigenvalue weighted by molar-refractivity contribution is 7.86. The fraction of sp³-hybridized carbons (Fsp3) is 0.0588. The molecule has 0 heterocycles. The Labute approximate surface area is 297 Å². The summed E-state index contributed by atoms with van der Waals surface area (Å²) in [4.78, 5) is -1.51. The lowest BCUT2D eigenvalue weighted by molar-refractivity contribution is 0.480. The zero-order valence-corrected chi connectivity index (χ0v) is 29.6. The fourth-order valence-electron chi connectivity index (χ4n) is 5.54. The van der Waals surface area contributed by atoms with E-state index in [0.29, 0.717) is 33.5 Å². The molecule has 0 aliphatic heterocycles. The van der Waals surface area contributed by atoms with E-state index >= 15 is 0 Å². The molecule has 0 fully saturated rings. The summed E-state index contributed by atoms with van der Waals surface area (Å²) in [7, 11) is -13.9. The van der Waals surface area contributed by atoms with Crippen LogP contribution in [0.15, 0.2) is 126 Å². The lowest BCUT2D eigenvalue weighted by Crippen LogP contribution is -2.03. The Morgan fingerprint density at radius 1 is 0.481 bits per heavy atom. The van der Waals surface area contributed by atoms with Crippen molar-refractivity contribution in [3.05, 3.63) is 102 Å². The van der Waals surface area contributed by atoms with Gasteiger partial charge in [-0.1, -0.05) is 30.3 Å². The van der Waals surface area contributed by atoms with Crippen LogP contribution in [-0.4, -0.2) is 38.9 Å². The van der Waals surface area contributed by atoms with Crippen LogP contribution < -0.4 is 11.5 Å². The van der Waals surface area contributed by atoms with E-state index in [9.17, 15) is 38.9 Å². The fourth-order valence-corrected chi connectivity index (χ4v) is 7.29. The molecule has 0 atom stereocenters. The smallest absolute Gasteiger partial charge is 0.295 e. The van der Waals surface area contributed by atoms with Crippen LogP contribution in [0.2, 0.25) is 0 Å². The number of hydrogen-bond donors (Lipinski definition) is 5. The lowest BCUT2D eigenvalue weighted by atomic mass is 10.0. The van der Waals surface area contributed by atoms with Gasteiger partial charge in [0.15, 0.2) is 0 Å². The molecule has 0 saturated carbocycles. The van der Waals surface area contributed by atoms with Crippen LogP contribution in [0.25, 0.3) is 32.7 Å². The minimum absolute atomic E-state index is 0.0150. The van der Waals surface area contributed by atoms with Crippen molar-refractivity contribution in [2.24, 2.45) is 20.5 Å². The summed E-state index contributed by atoms with van der Waals surface area (Å²) in [5.74, 6) is 0. The largest absolute Gasteiger partial charge is 0.397 e. The predicted octanol–water partition coefficient (Wildman–Crippen LogP) is 8.01. The summed E-state index contributed by atoms with van der Waals surface area (Å²) in [6.45, 7) is 3.67. The van der Waals surface area contributed by atoms with Crippen molar-refractivity contribution in [3.8, 4) is 11.1 Å². The number of hydrogen-bond acceptors (Lipinski definition) is 12. The van der Waals surface area contributed by atoms with Crippen molar-refractivity contribution < 1.29 is 38.9 Å². The Balaban J connectivity index is 1.29. The topological polar surface area (TPSA) is 265 Å². The molecule has 0 aliphatic carbocycles. The monoisotopic (exact) mass is 760 g/mol. The normalized spacial score (nSPS) is 12.8. The van der Waals surface area contributed by atoms with Gasteiger partial charge in [-0.3, -0.25) is 13.7 Å². The summed E-state index contributed by atoms with van der Waals surface area (Å²) in [5, 5.41) is 18.2. The minimum Gasteiger partial charge on any atom is -0.397 e. The van der Waals surface area contributed by atoms with Gasteiger partial charge in [-0.15, -0.1) is 10.2 Å². The van der Waals surface area contributed by atoms with Gasteiger partial charge in [-0.2, -0.15) is 35.5 Å². The second kappa shape index (κ2) is 13.2. The van der Waals surface area contributed by atoms with Crippen LogP contribution in [0.4, 0.5) is 34.1 Å². The van der Waals surface area contributed by atoms with Gasteiger partial charge < -0.3 is 11.5 Å². The van der Waals surface area contributed by atoms with E-state index in [1.807, 2.05) is 38.1 Å². The van der Waals surface area contributed by atoms with Crippen LogP contribution >= 0.6 is 0 Å². The predicted molar refractivity (Wildman–Crippen MR) is 196 cm³/mol. The summed E-state index contributed by atoms with van der Waals surface area (Å²) >= 11 is 0. The van der Waals surface area contributed by atoms with E-state index in [0.717, 1.165) is 40.5 Å². The number of anilines is 2. The highest BCUT2D eigenvalue weighted by atomic mass is 32.2. The first-order chi connectivity index (χ1) is 24.3. The lowest BCUT2D eigenvalue weighted by Gasteiger charge is -2.11. The second-order valence-electron chi connectivity index (χ2n) is 11.7. The van der Waals surface area contributed by atoms with Crippen LogP contribution in [-0.2, 0) is 30.4 Å². The van der Waals surface area contributed by atoms with Crippen LogP contribution in [0.3, 0.4) is 0 Å². The number of nitrogens with two attached hydrogens (primary N) is 2. The molecule has 0 unspecified atom stereocenters.